The predicted octanol–water partition coefficient (Wildman–Crippen LogP) is 2.71. The fraction of sp³-hybridized carbons (Fsp3) is 0.600. The Morgan fingerprint density at radius 2 is 1.95 bits per heavy atom. The van der Waals surface area contributed by atoms with Crippen molar-refractivity contribution in [1.29, 1.82) is 0 Å². The standard InChI is InChI=1S/C15H23NO3S/c1-3-20(17,18)15-7-5-4-6-14(15)16-12(2)13-8-10-19-11-9-13/h4-7,12-13,16H,3,8-11H2,1-2H3. The van der Waals surface area contributed by atoms with Crippen LogP contribution < -0.4 is 5.32 Å². The monoisotopic (exact) mass is 297 g/mol. The fourth-order valence-corrected chi connectivity index (χ4v) is 3.65. The molecule has 1 fully saturated rings. The Morgan fingerprint density at radius 1 is 1.30 bits per heavy atom. The first-order valence-electron chi connectivity index (χ1n) is 7.20. The minimum Gasteiger partial charge on any atom is -0.381 e. The molecule has 1 atom stereocenters. The highest BCUT2D eigenvalue weighted by Gasteiger charge is 2.23. The largest absolute Gasteiger partial charge is 0.381 e. The molecule has 2 rings (SSSR count). The third kappa shape index (κ3) is 3.52. The molecular weight excluding hydrogens is 274 g/mol. The molecule has 5 heteroatoms. The van der Waals surface area contributed by atoms with Gasteiger partial charge in [0.2, 0.25) is 0 Å². The van der Waals surface area contributed by atoms with Crippen LogP contribution in [-0.4, -0.2) is 33.4 Å². The Kier molecular flexibility index (Phi) is 5.05. The first-order valence-corrected chi connectivity index (χ1v) is 8.86. The number of anilines is 1. The average molecular weight is 297 g/mol. The first-order chi connectivity index (χ1) is 9.54. The Morgan fingerprint density at radius 3 is 2.60 bits per heavy atom. The van der Waals surface area contributed by atoms with Gasteiger partial charge in [-0.2, -0.15) is 0 Å². The molecule has 0 spiro atoms. The van der Waals surface area contributed by atoms with Gasteiger partial charge in [-0.3, -0.25) is 0 Å². The van der Waals surface area contributed by atoms with Crippen molar-refractivity contribution in [2.75, 3.05) is 24.3 Å². The van der Waals surface area contributed by atoms with E-state index >= 15 is 0 Å². The second kappa shape index (κ2) is 6.59. The molecule has 1 saturated heterocycles. The van der Waals surface area contributed by atoms with Gasteiger partial charge >= 0.3 is 0 Å². The number of benzene rings is 1. The number of hydrogen-bond acceptors (Lipinski definition) is 4. The molecule has 4 nitrogen and oxygen atoms in total. The smallest absolute Gasteiger partial charge is 0.180 e. The van der Waals surface area contributed by atoms with E-state index in [0.717, 1.165) is 26.1 Å². The topological polar surface area (TPSA) is 55.4 Å². The number of rotatable bonds is 5. The average Bonchev–Trinajstić information content (AvgIpc) is 2.48. The maximum atomic E-state index is 12.1. The summed E-state index contributed by atoms with van der Waals surface area (Å²) in [7, 11) is -3.19. The number of sulfone groups is 1. The van der Waals surface area contributed by atoms with Crippen LogP contribution in [0.2, 0.25) is 0 Å². The molecule has 0 amide bonds. The van der Waals surface area contributed by atoms with Gasteiger partial charge in [0.15, 0.2) is 9.84 Å². The van der Waals surface area contributed by atoms with E-state index in [1.54, 1.807) is 19.1 Å². The molecule has 0 radical (unpaired) electrons. The SMILES string of the molecule is CCS(=O)(=O)c1ccccc1NC(C)C1CCOCC1. The van der Waals surface area contributed by atoms with Crippen LogP contribution in [0, 0.1) is 5.92 Å². The minimum atomic E-state index is -3.19. The summed E-state index contributed by atoms with van der Waals surface area (Å²) in [5.41, 5.74) is 0.716. The molecule has 0 saturated carbocycles. The van der Waals surface area contributed by atoms with Crippen LogP contribution in [0.15, 0.2) is 29.2 Å². The van der Waals surface area contributed by atoms with Crippen LogP contribution >= 0.6 is 0 Å². The highest BCUT2D eigenvalue weighted by molar-refractivity contribution is 7.91. The molecule has 0 aromatic heterocycles. The zero-order valence-corrected chi connectivity index (χ0v) is 12.9. The molecule has 1 aliphatic heterocycles. The van der Waals surface area contributed by atoms with Gasteiger partial charge in [0, 0.05) is 19.3 Å². The van der Waals surface area contributed by atoms with Crippen molar-refractivity contribution in [2.45, 2.75) is 37.6 Å². The Hall–Kier alpha value is -1.07. The summed E-state index contributed by atoms with van der Waals surface area (Å²) in [5.74, 6) is 0.651. The Bertz CT molecular complexity index is 536. The third-order valence-electron chi connectivity index (χ3n) is 3.96. The van der Waals surface area contributed by atoms with Gasteiger partial charge in [0.05, 0.1) is 16.3 Å². The second-order valence-corrected chi connectivity index (χ2v) is 7.53. The number of para-hydroxylation sites is 1. The van der Waals surface area contributed by atoms with E-state index in [1.165, 1.54) is 0 Å². The molecule has 1 aromatic rings. The van der Waals surface area contributed by atoms with Crippen LogP contribution in [0.25, 0.3) is 0 Å². The summed E-state index contributed by atoms with van der Waals surface area (Å²) in [6.07, 6.45) is 2.05. The molecule has 112 valence electrons. The van der Waals surface area contributed by atoms with Crippen molar-refractivity contribution in [3.63, 3.8) is 0 Å². The summed E-state index contributed by atoms with van der Waals surface area (Å²) in [5, 5.41) is 3.39. The zero-order chi connectivity index (χ0) is 14.6. The maximum Gasteiger partial charge on any atom is 0.180 e. The second-order valence-electron chi connectivity index (χ2n) is 5.28. The van der Waals surface area contributed by atoms with Gasteiger partial charge < -0.3 is 10.1 Å². The van der Waals surface area contributed by atoms with E-state index in [1.807, 2.05) is 12.1 Å². The minimum absolute atomic E-state index is 0.122. The highest BCUT2D eigenvalue weighted by Crippen LogP contribution is 2.26. The van der Waals surface area contributed by atoms with E-state index in [4.69, 9.17) is 4.74 Å². The van der Waals surface area contributed by atoms with E-state index in [0.29, 0.717) is 16.5 Å². The van der Waals surface area contributed by atoms with Crippen molar-refractivity contribution < 1.29 is 13.2 Å². The summed E-state index contributed by atoms with van der Waals surface area (Å²) in [6.45, 7) is 5.39. The van der Waals surface area contributed by atoms with Crippen LogP contribution in [0.4, 0.5) is 5.69 Å². The van der Waals surface area contributed by atoms with Crippen molar-refractivity contribution in [3.05, 3.63) is 24.3 Å². The fourth-order valence-electron chi connectivity index (χ4n) is 2.59. The summed E-state index contributed by atoms with van der Waals surface area (Å²) >= 11 is 0. The Labute approximate surface area is 121 Å². The van der Waals surface area contributed by atoms with Crippen LogP contribution in [0.3, 0.4) is 0 Å². The molecule has 1 N–H and O–H groups in total. The van der Waals surface area contributed by atoms with Gasteiger partial charge in [0.25, 0.3) is 0 Å². The van der Waals surface area contributed by atoms with E-state index in [2.05, 4.69) is 12.2 Å². The third-order valence-corrected chi connectivity index (χ3v) is 5.74. The van der Waals surface area contributed by atoms with Gasteiger partial charge in [-0.1, -0.05) is 19.1 Å². The van der Waals surface area contributed by atoms with Crippen LogP contribution in [-0.2, 0) is 14.6 Å². The Balaban J connectivity index is 2.17. The van der Waals surface area contributed by atoms with E-state index < -0.39 is 9.84 Å². The lowest BCUT2D eigenvalue weighted by Crippen LogP contribution is -2.31. The normalized spacial score (nSPS) is 18.7. The molecular formula is C15H23NO3S. The summed E-state index contributed by atoms with van der Waals surface area (Å²) in [4.78, 5) is 0.404. The number of ether oxygens (including phenoxy) is 1. The molecule has 0 aliphatic carbocycles. The highest BCUT2D eigenvalue weighted by atomic mass is 32.2. The lowest BCUT2D eigenvalue weighted by atomic mass is 9.93. The lowest BCUT2D eigenvalue weighted by molar-refractivity contribution is 0.0622. The van der Waals surface area contributed by atoms with Gasteiger partial charge in [0.1, 0.15) is 0 Å². The van der Waals surface area contributed by atoms with Gasteiger partial charge in [-0.05, 0) is 37.8 Å². The van der Waals surface area contributed by atoms with Gasteiger partial charge in [-0.15, -0.1) is 0 Å². The number of nitrogens with one attached hydrogen (secondary N) is 1. The van der Waals surface area contributed by atoms with Crippen molar-refractivity contribution in [2.24, 2.45) is 5.92 Å². The quantitative estimate of drug-likeness (QED) is 0.908. The zero-order valence-electron chi connectivity index (χ0n) is 12.1. The summed E-state index contributed by atoms with van der Waals surface area (Å²) in [6, 6.07) is 7.41. The van der Waals surface area contributed by atoms with E-state index in [-0.39, 0.29) is 11.8 Å². The van der Waals surface area contributed by atoms with Gasteiger partial charge in [-0.25, -0.2) is 8.42 Å². The lowest BCUT2D eigenvalue weighted by Gasteiger charge is -2.29. The van der Waals surface area contributed by atoms with E-state index in [9.17, 15) is 8.42 Å². The molecule has 1 unspecified atom stereocenters. The molecule has 1 aromatic carbocycles. The maximum absolute atomic E-state index is 12.1. The van der Waals surface area contributed by atoms with Crippen molar-refractivity contribution >= 4 is 15.5 Å². The molecule has 0 bridgehead atoms. The first kappa shape index (κ1) is 15.3. The van der Waals surface area contributed by atoms with Crippen LogP contribution in [0.5, 0.6) is 0 Å². The summed E-state index contributed by atoms with van der Waals surface area (Å²) < 4.78 is 29.6. The van der Waals surface area contributed by atoms with Crippen LogP contribution in [0.1, 0.15) is 26.7 Å². The molecule has 1 heterocycles. The van der Waals surface area contributed by atoms with Crippen molar-refractivity contribution in [1.82, 2.24) is 0 Å². The molecule has 20 heavy (non-hydrogen) atoms. The number of hydrogen-bond donors (Lipinski definition) is 1. The predicted molar refractivity (Wildman–Crippen MR) is 80.8 cm³/mol. The van der Waals surface area contributed by atoms with Crippen molar-refractivity contribution in [3.8, 4) is 0 Å². The molecule has 1 aliphatic rings.